The summed E-state index contributed by atoms with van der Waals surface area (Å²) in [6, 6.07) is 9.35. The fourth-order valence-corrected chi connectivity index (χ4v) is 4.76. The Hall–Kier alpha value is -3.47. The Bertz CT molecular complexity index is 1060. The second-order valence-corrected chi connectivity index (χ2v) is 8.64. The van der Waals surface area contributed by atoms with Crippen molar-refractivity contribution in [3.63, 3.8) is 0 Å². The zero-order valence-electron chi connectivity index (χ0n) is 16.4. The minimum absolute atomic E-state index is 0.0805. The Morgan fingerprint density at radius 3 is 2.52 bits per heavy atom. The van der Waals surface area contributed by atoms with Crippen LogP contribution in [0.5, 0.6) is 0 Å². The van der Waals surface area contributed by atoms with Crippen LogP contribution in [-0.4, -0.2) is 63.2 Å². The van der Waals surface area contributed by atoms with Crippen molar-refractivity contribution in [2.24, 2.45) is 11.8 Å². The summed E-state index contributed by atoms with van der Waals surface area (Å²) in [5, 5.41) is 4.75. The lowest BCUT2D eigenvalue weighted by atomic mass is 10.0. The van der Waals surface area contributed by atoms with Gasteiger partial charge in [-0.05, 0) is 23.9 Å². The van der Waals surface area contributed by atoms with Gasteiger partial charge in [0, 0.05) is 49.8 Å². The Labute approximate surface area is 182 Å². The number of hydrogen-bond acceptors (Lipinski definition) is 8. The van der Waals surface area contributed by atoms with Gasteiger partial charge in [-0.2, -0.15) is 4.98 Å². The van der Waals surface area contributed by atoms with E-state index in [1.807, 2.05) is 35.2 Å². The van der Waals surface area contributed by atoms with Crippen molar-refractivity contribution in [1.82, 2.24) is 25.2 Å². The van der Waals surface area contributed by atoms with Gasteiger partial charge in [0.15, 0.2) is 5.82 Å². The molecular weight excluding hydrogens is 418 g/mol. The maximum Gasteiger partial charge on any atom is 0.321 e. The number of amides is 4. The van der Waals surface area contributed by atoms with E-state index in [9.17, 15) is 14.4 Å². The summed E-state index contributed by atoms with van der Waals surface area (Å²) in [5.41, 5.74) is 0.786. The molecule has 5 rings (SSSR count). The van der Waals surface area contributed by atoms with Gasteiger partial charge in [0.25, 0.3) is 11.1 Å². The fraction of sp³-hybridized carbons (Fsp3) is 0.300. The smallest absolute Gasteiger partial charge is 0.321 e. The molecule has 4 heterocycles. The SMILES string of the molecule is O=C1NC(=O)/C(=C/c2ncnc(N3CC4CN(C(=O)Nc5ccccc5)CC4C3)n2)S1. The van der Waals surface area contributed by atoms with Gasteiger partial charge in [-0.3, -0.25) is 14.9 Å². The first-order valence-electron chi connectivity index (χ1n) is 9.85. The van der Waals surface area contributed by atoms with Gasteiger partial charge in [0.05, 0.1) is 4.91 Å². The number of thioether (sulfide) groups is 1. The largest absolute Gasteiger partial charge is 0.340 e. The Balaban J connectivity index is 1.22. The topological polar surface area (TPSA) is 120 Å². The molecule has 3 saturated heterocycles. The molecule has 158 valence electrons. The Morgan fingerprint density at radius 2 is 1.84 bits per heavy atom. The van der Waals surface area contributed by atoms with Crippen LogP contribution in [0.1, 0.15) is 5.82 Å². The summed E-state index contributed by atoms with van der Waals surface area (Å²) in [6.07, 6.45) is 2.89. The molecule has 3 aliphatic rings. The highest BCUT2D eigenvalue weighted by atomic mass is 32.2. The number of rotatable bonds is 3. The van der Waals surface area contributed by atoms with Crippen molar-refractivity contribution in [2.75, 3.05) is 36.4 Å². The zero-order chi connectivity index (χ0) is 21.4. The number of hydrogen-bond donors (Lipinski definition) is 2. The van der Waals surface area contributed by atoms with Gasteiger partial charge in [-0.25, -0.2) is 14.8 Å². The third kappa shape index (κ3) is 4.08. The van der Waals surface area contributed by atoms with Gasteiger partial charge >= 0.3 is 6.03 Å². The van der Waals surface area contributed by atoms with Crippen LogP contribution < -0.4 is 15.5 Å². The van der Waals surface area contributed by atoms with E-state index in [1.54, 1.807) is 0 Å². The predicted molar refractivity (Wildman–Crippen MR) is 115 cm³/mol. The zero-order valence-corrected chi connectivity index (χ0v) is 17.2. The first kappa shape index (κ1) is 19.5. The van der Waals surface area contributed by atoms with E-state index in [4.69, 9.17) is 0 Å². The summed E-state index contributed by atoms with van der Waals surface area (Å²) in [7, 11) is 0. The van der Waals surface area contributed by atoms with Crippen LogP contribution in [0.15, 0.2) is 41.6 Å². The van der Waals surface area contributed by atoms with Gasteiger partial charge < -0.3 is 15.1 Å². The van der Waals surface area contributed by atoms with E-state index < -0.39 is 11.1 Å². The molecule has 31 heavy (non-hydrogen) atoms. The minimum Gasteiger partial charge on any atom is -0.340 e. The van der Waals surface area contributed by atoms with Crippen molar-refractivity contribution in [1.29, 1.82) is 0 Å². The number of nitrogens with one attached hydrogen (secondary N) is 2. The standard InChI is InChI=1S/C20H19N7O3S/c28-17-15(31-20(30)25-17)6-16-21-11-22-18(24-16)26-7-12-9-27(10-13(12)8-26)19(29)23-14-4-2-1-3-5-14/h1-6,11-13H,7-10H2,(H,23,29)(H,25,28,30)/b15-6-. The number of carbonyl (C=O) groups excluding carboxylic acids is 3. The number of imide groups is 1. The molecule has 2 aromatic rings. The van der Waals surface area contributed by atoms with Crippen LogP contribution in [0.25, 0.3) is 6.08 Å². The van der Waals surface area contributed by atoms with E-state index in [1.165, 1.54) is 12.4 Å². The van der Waals surface area contributed by atoms with Crippen LogP contribution in [-0.2, 0) is 4.79 Å². The molecule has 0 saturated carbocycles. The lowest BCUT2D eigenvalue weighted by Crippen LogP contribution is -2.36. The molecule has 0 aliphatic carbocycles. The molecule has 0 bridgehead atoms. The molecule has 10 nitrogen and oxygen atoms in total. The number of urea groups is 1. The number of aromatic nitrogens is 3. The highest BCUT2D eigenvalue weighted by Crippen LogP contribution is 2.33. The maximum atomic E-state index is 12.6. The fourth-order valence-electron chi connectivity index (χ4n) is 4.11. The van der Waals surface area contributed by atoms with Crippen molar-refractivity contribution in [3.05, 3.63) is 47.4 Å². The molecule has 2 atom stereocenters. The van der Waals surface area contributed by atoms with Crippen molar-refractivity contribution < 1.29 is 14.4 Å². The maximum absolute atomic E-state index is 12.6. The van der Waals surface area contributed by atoms with Crippen LogP contribution in [0.3, 0.4) is 0 Å². The first-order valence-corrected chi connectivity index (χ1v) is 10.7. The molecule has 0 spiro atoms. The Morgan fingerprint density at radius 1 is 1.10 bits per heavy atom. The third-order valence-electron chi connectivity index (χ3n) is 5.56. The lowest BCUT2D eigenvalue weighted by Gasteiger charge is -2.22. The first-order chi connectivity index (χ1) is 15.0. The number of carbonyl (C=O) groups is 3. The molecule has 0 radical (unpaired) electrons. The van der Waals surface area contributed by atoms with Crippen LogP contribution in [0, 0.1) is 11.8 Å². The minimum atomic E-state index is -0.443. The molecule has 4 amide bonds. The van der Waals surface area contributed by atoms with Crippen LogP contribution >= 0.6 is 11.8 Å². The molecule has 2 unspecified atom stereocenters. The third-order valence-corrected chi connectivity index (χ3v) is 6.37. The van der Waals surface area contributed by atoms with Gasteiger partial charge in [0.2, 0.25) is 5.95 Å². The molecule has 2 N–H and O–H groups in total. The number of nitrogens with zero attached hydrogens (tertiary/aromatic N) is 5. The lowest BCUT2D eigenvalue weighted by molar-refractivity contribution is -0.115. The van der Waals surface area contributed by atoms with E-state index in [2.05, 4.69) is 30.5 Å². The monoisotopic (exact) mass is 437 g/mol. The molecule has 3 fully saturated rings. The summed E-state index contributed by atoms with van der Waals surface area (Å²) >= 11 is 0.828. The number of likely N-dealkylation sites (tertiary alicyclic amines) is 1. The van der Waals surface area contributed by atoms with Crippen molar-refractivity contribution in [3.8, 4) is 0 Å². The van der Waals surface area contributed by atoms with Crippen LogP contribution in [0.4, 0.5) is 21.2 Å². The summed E-state index contributed by atoms with van der Waals surface area (Å²) in [4.78, 5) is 52.6. The number of anilines is 2. The normalized spacial score (nSPS) is 23.9. The second-order valence-electron chi connectivity index (χ2n) is 7.62. The van der Waals surface area contributed by atoms with E-state index >= 15 is 0 Å². The number of para-hydroxylation sites is 1. The van der Waals surface area contributed by atoms with E-state index in [-0.39, 0.29) is 10.9 Å². The summed E-state index contributed by atoms with van der Waals surface area (Å²) in [5.74, 6) is 1.11. The van der Waals surface area contributed by atoms with Gasteiger partial charge in [-0.1, -0.05) is 18.2 Å². The molecular formula is C20H19N7O3S. The van der Waals surface area contributed by atoms with Gasteiger partial charge in [-0.15, -0.1) is 0 Å². The molecule has 11 heteroatoms. The van der Waals surface area contributed by atoms with E-state index in [0.717, 1.165) is 30.5 Å². The second kappa shape index (κ2) is 7.99. The average molecular weight is 437 g/mol. The summed E-state index contributed by atoms with van der Waals surface area (Å²) in [6.45, 7) is 2.85. The predicted octanol–water partition coefficient (Wildman–Crippen LogP) is 1.80. The molecule has 3 aliphatic heterocycles. The van der Waals surface area contributed by atoms with Crippen molar-refractivity contribution in [2.45, 2.75) is 0 Å². The molecule has 1 aromatic carbocycles. The highest BCUT2D eigenvalue weighted by Gasteiger charge is 2.42. The molecule has 1 aromatic heterocycles. The average Bonchev–Trinajstić information content (AvgIpc) is 3.42. The van der Waals surface area contributed by atoms with Crippen LogP contribution in [0.2, 0.25) is 0 Å². The highest BCUT2D eigenvalue weighted by molar-refractivity contribution is 8.18. The Kier molecular flexibility index (Phi) is 5.02. The quantitative estimate of drug-likeness (QED) is 0.698. The number of fused-ring (bicyclic) bond motifs is 1. The van der Waals surface area contributed by atoms with Gasteiger partial charge in [0.1, 0.15) is 6.33 Å². The number of benzene rings is 1. The van der Waals surface area contributed by atoms with Crippen molar-refractivity contribution >= 4 is 46.7 Å². The summed E-state index contributed by atoms with van der Waals surface area (Å²) < 4.78 is 0. The van der Waals surface area contributed by atoms with E-state index in [0.29, 0.717) is 36.7 Å².